The Bertz CT molecular complexity index is 3180. The van der Waals surface area contributed by atoms with Crippen molar-refractivity contribution in [2.45, 2.75) is 69.3 Å². The van der Waals surface area contributed by atoms with Crippen molar-refractivity contribution in [3.63, 3.8) is 0 Å². The molecule has 15 heteroatoms. The normalized spacial score (nSPS) is 12.4. The Hall–Kier alpha value is -6.55. The van der Waals surface area contributed by atoms with Crippen LogP contribution in [0.25, 0.3) is 44.6 Å². The van der Waals surface area contributed by atoms with Crippen molar-refractivity contribution in [2.24, 2.45) is 0 Å². The Morgan fingerprint density at radius 2 is 1.06 bits per heavy atom. The van der Waals surface area contributed by atoms with Gasteiger partial charge in [0.25, 0.3) is 20.0 Å². The van der Waals surface area contributed by atoms with Crippen molar-refractivity contribution in [3.8, 4) is 22.5 Å². The second kappa shape index (κ2) is 16.7. The number of nitrogens with zero attached hydrogens (tertiary/aromatic N) is 6. The zero-order valence-electron chi connectivity index (χ0n) is 37.3. The van der Waals surface area contributed by atoms with Crippen molar-refractivity contribution in [2.75, 3.05) is 6.61 Å². The summed E-state index contributed by atoms with van der Waals surface area (Å²) >= 11 is 0. The Balaban J connectivity index is 0.000000206. The van der Waals surface area contributed by atoms with Crippen molar-refractivity contribution >= 4 is 48.1 Å². The van der Waals surface area contributed by atoms with Crippen LogP contribution >= 0.6 is 0 Å². The highest BCUT2D eigenvalue weighted by molar-refractivity contribution is 7.90. The number of pyridine rings is 4. The van der Waals surface area contributed by atoms with Gasteiger partial charge in [0.15, 0.2) is 11.3 Å². The molecule has 6 aromatic heterocycles. The summed E-state index contributed by atoms with van der Waals surface area (Å²) in [4.78, 5) is 30.8. The molecule has 8 rings (SSSR count). The number of aromatic nitrogens is 6. The number of ether oxygens (including phenoxy) is 1. The third-order valence-corrected chi connectivity index (χ3v) is 13.7. The first-order valence-electron chi connectivity index (χ1n) is 20.8. The quantitative estimate of drug-likeness (QED) is 0.130. The minimum absolute atomic E-state index is 0.189. The summed E-state index contributed by atoms with van der Waals surface area (Å²) < 4.78 is 70.3. The molecule has 6 heterocycles. The lowest BCUT2D eigenvalue weighted by Crippen LogP contribution is -2.32. The van der Waals surface area contributed by atoms with Crippen LogP contribution in [-0.2, 0) is 40.6 Å². The zero-order valence-corrected chi connectivity index (χ0v) is 36.9. The molecule has 0 radical (unpaired) electrons. The molecule has 320 valence electrons. The van der Waals surface area contributed by atoms with Crippen molar-refractivity contribution in [1.82, 2.24) is 27.9 Å². The molecule has 0 aliphatic carbocycles. The molecule has 0 fully saturated rings. The van der Waals surface area contributed by atoms with Crippen molar-refractivity contribution in [1.29, 1.82) is 0 Å². The van der Waals surface area contributed by atoms with Crippen LogP contribution in [0.4, 0.5) is 0 Å². The summed E-state index contributed by atoms with van der Waals surface area (Å²) in [6, 6.07) is 31.3. The van der Waals surface area contributed by atoms with Gasteiger partial charge >= 0.3 is 5.97 Å². The summed E-state index contributed by atoms with van der Waals surface area (Å²) in [5.74, 6) is -0.357. The van der Waals surface area contributed by atoms with E-state index in [1.54, 1.807) is 132 Å². The van der Waals surface area contributed by atoms with Crippen molar-refractivity contribution < 1.29 is 34.4 Å². The van der Waals surface area contributed by atoms with Gasteiger partial charge in [0, 0.05) is 49.7 Å². The van der Waals surface area contributed by atoms with Crippen LogP contribution in [0, 0.1) is 13.8 Å². The number of esters is 1. The Kier molecular flexibility index (Phi) is 11.4. The van der Waals surface area contributed by atoms with Gasteiger partial charge in [-0.2, -0.15) is 0 Å². The third-order valence-electron chi connectivity index (χ3n) is 10.4. The first-order chi connectivity index (χ1) is 30.3. The predicted octanol–water partition coefficient (Wildman–Crippen LogP) is 8.60. The minimum atomic E-state index is -3.81. The van der Waals surface area contributed by atoms with E-state index in [1.807, 2.05) is 38.1 Å². The highest BCUT2D eigenvalue weighted by Crippen LogP contribution is 2.33. The summed E-state index contributed by atoms with van der Waals surface area (Å²) in [5.41, 5.74) is 4.42. The standard InChI is InChI=1S/C25H25N3O4S.C22H21N3O3S.H2/c1-5-32-24(29)25(3,4)22-8-6-7-21(27-22)19-13-15-26-23-20(19)14-16-28(23)33(30,31)18-11-9-17(2)10-12-18;1-15-7-9-16(10-8-15)29(27,28)25-14-12-18-17(11-13-23-21(18)25)19-5-4-6-20(24-19)22(2,3)26;/h6-16H,5H2,1-4H3;4-14,26H,1-3H3;1H/i;;1+1D. The summed E-state index contributed by atoms with van der Waals surface area (Å²) in [6.07, 6.45) is 6.14. The van der Waals surface area contributed by atoms with E-state index in [2.05, 4.69) is 15.0 Å². The molecule has 8 aromatic rings. The number of aryl methyl sites for hydroxylation is 2. The molecule has 0 unspecified atom stereocenters. The molecule has 2 aromatic carbocycles. The lowest BCUT2D eigenvalue weighted by atomic mass is 9.88. The molecule has 1 N–H and O–H groups in total. The van der Waals surface area contributed by atoms with Crippen LogP contribution in [0.2, 0.25) is 0 Å². The fourth-order valence-corrected chi connectivity index (χ4v) is 9.39. The molecule has 62 heavy (non-hydrogen) atoms. The van der Waals surface area contributed by atoms with E-state index < -0.39 is 31.1 Å². The average Bonchev–Trinajstić information content (AvgIpc) is 3.94. The van der Waals surface area contributed by atoms with Gasteiger partial charge in [0.2, 0.25) is 0 Å². The smallest absolute Gasteiger partial charge is 0.317 e. The largest absolute Gasteiger partial charge is 0.465 e. The van der Waals surface area contributed by atoms with Crippen LogP contribution < -0.4 is 0 Å². The minimum Gasteiger partial charge on any atom is -0.465 e. The molecular formula is C47H48N6O7S2. The number of carbonyl (C=O) groups excluding carboxylic acids is 1. The maximum Gasteiger partial charge on any atom is 0.317 e. The van der Waals surface area contributed by atoms with Crippen LogP contribution in [0.1, 0.15) is 60.1 Å². The maximum absolute atomic E-state index is 13.2. The molecular weight excluding hydrogens is 825 g/mol. The predicted molar refractivity (Wildman–Crippen MR) is 240 cm³/mol. The number of hydrogen-bond donors (Lipinski definition) is 1. The Labute approximate surface area is 363 Å². The zero-order chi connectivity index (χ0) is 46.6. The van der Waals surface area contributed by atoms with E-state index in [4.69, 9.17) is 12.7 Å². The molecule has 0 amide bonds. The first-order valence-corrected chi connectivity index (χ1v) is 22.6. The van der Waals surface area contributed by atoms with Crippen LogP contribution in [0.5, 0.6) is 0 Å². The summed E-state index contributed by atoms with van der Waals surface area (Å²) in [5, 5.41) is 11.6. The Morgan fingerprint density at radius 1 is 0.645 bits per heavy atom. The molecule has 0 saturated heterocycles. The van der Waals surface area contributed by atoms with Gasteiger partial charge in [-0.25, -0.2) is 39.7 Å². The molecule has 13 nitrogen and oxygen atoms in total. The summed E-state index contributed by atoms with van der Waals surface area (Å²) in [6.45, 7) is 12.7. The van der Waals surface area contributed by atoms with Crippen LogP contribution in [-0.4, -0.2) is 62.4 Å². The van der Waals surface area contributed by atoms with E-state index >= 15 is 0 Å². The van der Waals surface area contributed by atoms with E-state index in [0.717, 1.165) is 22.3 Å². The highest BCUT2D eigenvalue weighted by atomic mass is 32.2. The highest BCUT2D eigenvalue weighted by Gasteiger charge is 2.33. The van der Waals surface area contributed by atoms with Gasteiger partial charge in [0.05, 0.1) is 39.2 Å². The number of hydrogen-bond acceptors (Lipinski definition) is 11. The lowest BCUT2D eigenvalue weighted by Gasteiger charge is -2.22. The van der Waals surface area contributed by atoms with Gasteiger partial charge in [-0.1, -0.05) is 47.5 Å². The number of fused-ring (bicyclic) bond motifs is 2. The Morgan fingerprint density at radius 3 is 1.48 bits per heavy atom. The summed E-state index contributed by atoms with van der Waals surface area (Å²) in [7, 11) is -7.59. The molecule has 0 aliphatic heterocycles. The fourth-order valence-electron chi connectivity index (χ4n) is 6.79. The number of aliphatic hydroxyl groups is 1. The molecule has 0 saturated carbocycles. The van der Waals surface area contributed by atoms with E-state index in [-0.39, 0.29) is 22.4 Å². The van der Waals surface area contributed by atoms with E-state index in [1.165, 1.54) is 20.3 Å². The molecule has 0 aliphatic rings. The second-order valence-electron chi connectivity index (χ2n) is 15.8. The molecule has 0 bridgehead atoms. The number of carbonyl (C=O) groups is 1. The van der Waals surface area contributed by atoms with Gasteiger partial charge in [-0.05, 0) is 121 Å². The van der Waals surface area contributed by atoms with Gasteiger partial charge in [-0.15, -0.1) is 0 Å². The van der Waals surface area contributed by atoms with E-state index in [9.17, 15) is 26.7 Å². The number of rotatable bonds is 10. The van der Waals surface area contributed by atoms with Crippen LogP contribution in [0.15, 0.2) is 144 Å². The third kappa shape index (κ3) is 8.38. The van der Waals surface area contributed by atoms with Crippen LogP contribution in [0.3, 0.4) is 0 Å². The topological polar surface area (TPSA) is 176 Å². The first kappa shape index (κ1) is 42.2. The van der Waals surface area contributed by atoms with Crippen molar-refractivity contribution in [3.05, 3.63) is 156 Å². The maximum atomic E-state index is 13.2. The lowest BCUT2D eigenvalue weighted by molar-refractivity contribution is -0.148. The number of benzene rings is 2. The van der Waals surface area contributed by atoms with Gasteiger partial charge < -0.3 is 9.84 Å². The van der Waals surface area contributed by atoms with Gasteiger partial charge in [-0.3, -0.25) is 9.78 Å². The fraction of sp³-hybridized carbons (Fsp3) is 0.213. The average molecular weight is 875 g/mol. The SMILES string of the molecule is CCOC(=O)C(C)(C)c1cccc(-c2ccnc3c2ccn3S(=O)(=O)c2ccc(C)cc2)n1.Cc1ccc(S(=O)(=O)n2ccc3c(-c4cccc(C(C)(C)O)n4)ccnc32)cc1.[2H][2H]. The monoisotopic (exact) mass is 874 g/mol. The molecule has 0 atom stereocenters. The van der Waals surface area contributed by atoms with Gasteiger partial charge in [0.1, 0.15) is 11.0 Å². The van der Waals surface area contributed by atoms with E-state index in [0.29, 0.717) is 44.8 Å². The second-order valence-corrected chi connectivity index (χ2v) is 19.4. The molecule has 0 spiro atoms.